The van der Waals surface area contributed by atoms with E-state index in [0.717, 1.165) is 36.2 Å². The summed E-state index contributed by atoms with van der Waals surface area (Å²) in [6, 6.07) is 14.3. The van der Waals surface area contributed by atoms with Crippen LogP contribution in [0.5, 0.6) is 5.75 Å². The van der Waals surface area contributed by atoms with E-state index in [1.807, 2.05) is 37.3 Å². The van der Waals surface area contributed by atoms with E-state index in [4.69, 9.17) is 21.3 Å². The highest BCUT2D eigenvalue weighted by Crippen LogP contribution is 2.25. The molecular formula is C24H26ClN5O2. The molecule has 0 radical (unpaired) electrons. The quantitative estimate of drug-likeness (QED) is 0.520. The lowest BCUT2D eigenvalue weighted by Gasteiger charge is -2.27. The van der Waals surface area contributed by atoms with Crippen LogP contribution in [0.2, 0.25) is 5.02 Å². The number of hydrogen-bond acceptors (Lipinski definition) is 6. The zero-order chi connectivity index (χ0) is 22.5. The summed E-state index contributed by atoms with van der Waals surface area (Å²) in [6.45, 7) is 3.96. The number of nitrogens with zero attached hydrogens (tertiary/aromatic N) is 3. The van der Waals surface area contributed by atoms with Gasteiger partial charge < -0.3 is 20.3 Å². The fourth-order valence-corrected chi connectivity index (χ4v) is 3.87. The van der Waals surface area contributed by atoms with E-state index in [0.29, 0.717) is 22.0 Å². The number of piperidine rings is 1. The Hall–Kier alpha value is -3.32. The molecule has 3 aromatic rings. The number of rotatable bonds is 6. The molecule has 1 amide bonds. The number of carbonyl (C=O) groups excluding carboxylic acids is 1. The molecule has 2 N–H and O–H groups in total. The van der Waals surface area contributed by atoms with E-state index >= 15 is 0 Å². The molecule has 0 aliphatic carbocycles. The molecule has 2 aromatic carbocycles. The van der Waals surface area contributed by atoms with Crippen molar-refractivity contribution in [2.24, 2.45) is 0 Å². The van der Waals surface area contributed by atoms with Crippen LogP contribution in [-0.2, 0) is 0 Å². The smallest absolute Gasteiger partial charge is 0.259 e. The number of methoxy groups -OCH3 is 1. The molecule has 1 aromatic heterocycles. The van der Waals surface area contributed by atoms with E-state index in [2.05, 4.69) is 20.5 Å². The number of aromatic nitrogens is 2. The highest BCUT2D eigenvalue weighted by Gasteiger charge is 2.15. The first kappa shape index (κ1) is 21.9. The summed E-state index contributed by atoms with van der Waals surface area (Å²) >= 11 is 6.03. The van der Waals surface area contributed by atoms with Crippen LogP contribution in [-0.4, -0.2) is 36.1 Å². The second kappa shape index (κ2) is 9.87. The Labute approximate surface area is 192 Å². The maximum absolute atomic E-state index is 12.7. The first-order chi connectivity index (χ1) is 15.5. The number of halogens is 1. The van der Waals surface area contributed by atoms with Gasteiger partial charge in [-0.15, -0.1) is 0 Å². The zero-order valence-corrected chi connectivity index (χ0v) is 18.9. The highest BCUT2D eigenvalue weighted by molar-refractivity contribution is 6.31. The molecule has 1 saturated heterocycles. The molecule has 4 rings (SSSR count). The molecule has 0 atom stereocenters. The molecule has 1 aliphatic rings. The number of carbonyl (C=O) groups is 1. The summed E-state index contributed by atoms with van der Waals surface area (Å²) in [7, 11) is 1.52. The van der Waals surface area contributed by atoms with Crippen molar-refractivity contribution in [2.45, 2.75) is 26.2 Å². The van der Waals surface area contributed by atoms with Gasteiger partial charge >= 0.3 is 0 Å². The Morgan fingerprint density at radius 1 is 1.00 bits per heavy atom. The molecule has 7 nitrogen and oxygen atoms in total. The number of nitrogens with one attached hydrogen (secondary N) is 2. The van der Waals surface area contributed by atoms with Gasteiger partial charge in [0.1, 0.15) is 11.6 Å². The first-order valence-corrected chi connectivity index (χ1v) is 11.0. The minimum Gasteiger partial charge on any atom is -0.496 e. The van der Waals surface area contributed by atoms with Crippen molar-refractivity contribution in [1.82, 2.24) is 9.97 Å². The molecule has 32 heavy (non-hydrogen) atoms. The maximum Gasteiger partial charge on any atom is 0.259 e. The van der Waals surface area contributed by atoms with E-state index in [-0.39, 0.29) is 5.91 Å². The third-order valence-electron chi connectivity index (χ3n) is 5.30. The number of ether oxygens (including phenoxy) is 1. The summed E-state index contributed by atoms with van der Waals surface area (Å²) in [6.07, 6.45) is 3.61. The normalized spacial score (nSPS) is 13.5. The van der Waals surface area contributed by atoms with E-state index in [1.165, 1.54) is 26.4 Å². The van der Waals surface area contributed by atoms with Gasteiger partial charge in [-0.3, -0.25) is 4.79 Å². The second-order valence-electron chi connectivity index (χ2n) is 7.74. The standard InChI is InChI=1S/C24H26ClN5O2/c1-16-14-22(29-24(26-16)30-12-4-3-5-13-30)27-18-7-9-19(10-8-18)28-23(31)20-15-17(25)6-11-21(20)32-2/h6-11,14-15H,3-5,12-13H2,1-2H3,(H,28,31)(H,26,27,29). The van der Waals surface area contributed by atoms with Gasteiger partial charge in [0.25, 0.3) is 5.91 Å². The van der Waals surface area contributed by atoms with E-state index < -0.39 is 0 Å². The third-order valence-corrected chi connectivity index (χ3v) is 5.54. The predicted octanol–water partition coefficient (Wildman–Crippen LogP) is 5.43. The molecule has 166 valence electrons. The van der Waals surface area contributed by atoms with Crippen LogP contribution in [0.3, 0.4) is 0 Å². The Balaban J connectivity index is 1.45. The summed E-state index contributed by atoms with van der Waals surface area (Å²) in [5.41, 5.74) is 2.83. The minimum absolute atomic E-state index is 0.289. The van der Waals surface area contributed by atoms with Gasteiger partial charge in [-0.05, 0) is 68.7 Å². The van der Waals surface area contributed by atoms with Crippen LogP contribution >= 0.6 is 11.6 Å². The predicted molar refractivity (Wildman–Crippen MR) is 129 cm³/mol. The SMILES string of the molecule is COc1ccc(Cl)cc1C(=O)Nc1ccc(Nc2cc(C)nc(N3CCCCC3)n2)cc1. The zero-order valence-electron chi connectivity index (χ0n) is 18.2. The summed E-state index contributed by atoms with van der Waals surface area (Å²) < 4.78 is 5.26. The van der Waals surface area contributed by atoms with Crippen molar-refractivity contribution < 1.29 is 9.53 Å². The van der Waals surface area contributed by atoms with E-state index in [9.17, 15) is 4.79 Å². The van der Waals surface area contributed by atoms with Crippen LogP contribution in [0.1, 0.15) is 35.3 Å². The van der Waals surface area contributed by atoms with Gasteiger partial charge in [0.15, 0.2) is 0 Å². The number of benzene rings is 2. The highest BCUT2D eigenvalue weighted by atomic mass is 35.5. The average molecular weight is 452 g/mol. The van der Waals surface area contributed by atoms with Crippen LogP contribution in [0.25, 0.3) is 0 Å². The third kappa shape index (κ3) is 5.29. The largest absolute Gasteiger partial charge is 0.496 e. The maximum atomic E-state index is 12.7. The Kier molecular flexibility index (Phi) is 6.75. The van der Waals surface area contributed by atoms with Crippen molar-refractivity contribution in [3.8, 4) is 5.75 Å². The summed E-state index contributed by atoms with van der Waals surface area (Å²) in [5, 5.41) is 6.68. The molecule has 8 heteroatoms. The lowest BCUT2D eigenvalue weighted by atomic mass is 10.1. The number of amides is 1. The molecule has 0 unspecified atom stereocenters. The monoisotopic (exact) mass is 451 g/mol. The van der Waals surface area contributed by atoms with Gasteiger partial charge in [-0.2, -0.15) is 4.98 Å². The fourth-order valence-electron chi connectivity index (χ4n) is 3.69. The molecule has 0 bridgehead atoms. The summed E-state index contributed by atoms with van der Waals surface area (Å²) in [5.74, 6) is 1.70. The van der Waals surface area contributed by atoms with Crippen LogP contribution in [0, 0.1) is 6.92 Å². The molecule has 1 fully saturated rings. The summed E-state index contributed by atoms with van der Waals surface area (Å²) in [4.78, 5) is 24.2. The van der Waals surface area contributed by atoms with Gasteiger partial charge in [0.2, 0.25) is 5.95 Å². The van der Waals surface area contributed by atoms with Gasteiger partial charge in [-0.25, -0.2) is 4.98 Å². The van der Waals surface area contributed by atoms with Crippen molar-refractivity contribution in [3.05, 3.63) is 64.8 Å². The van der Waals surface area contributed by atoms with Gasteiger partial charge in [-0.1, -0.05) is 11.6 Å². The Morgan fingerprint density at radius 3 is 2.44 bits per heavy atom. The van der Waals surface area contributed by atoms with Crippen molar-refractivity contribution in [3.63, 3.8) is 0 Å². The van der Waals surface area contributed by atoms with Crippen molar-refractivity contribution in [1.29, 1.82) is 0 Å². The molecule has 2 heterocycles. The average Bonchev–Trinajstić information content (AvgIpc) is 2.80. The topological polar surface area (TPSA) is 79.4 Å². The Bertz CT molecular complexity index is 1100. The number of hydrogen-bond donors (Lipinski definition) is 2. The lowest BCUT2D eigenvalue weighted by molar-refractivity contribution is 0.102. The van der Waals surface area contributed by atoms with Crippen LogP contribution in [0.4, 0.5) is 23.1 Å². The number of anilines is 4. The molecule has 1 aliphatic heterocycles. The second-order valence-corrected chi connectivity index (χ2v) is 8.18. The minimum atomic E-state index is -0.289. The van der Waals surface area contributed by atoms with E-state index in [1.54, 1.807) is 18.2 Å². The number of aryl methyl sites for hydroxylation is 1. The molecule has 0 saturated carbocycles. The Morgan fingerprint density at radius 2 is 1.72 bits per heavy atom. The molecular weight excluding hydrogens is 426 g/mol. The van der Waals surface area contributed by atoms with Crippen LogP contribution < -0.4 is 20.3 Å². The van der Waals surface area contributed by atoms with Crippen molar-refractivity contribution in [2.75, 3.05) is 35.7 Å². The first-order valence-electron chi connectivity index (χ1n) is 10.6. The van der Waals surface area contributed by atoms with Crippen LogP contribution in [0.15, 0.2) is 48.5 Å². The van der Waals surface area contributed by atoms with Gasteiger partial charge in [0.05, 0.1) is 12.7 Å². The molecule has 0 spiro atoms. The fraction of sp³-hybridized carbons (Fsp3) is 0.292. The van der Waals surface area contributed by atoms with Crippen molar-refractivity contribution >= 4 is 40.6 Å². The van der Waals surface area contributed by atoms with Gasteiger partial charge in [0, 0.05) is 41.2 Å². The lowest BCUT2D eigenvalue weighted by Crippen LogP contribution is -2.31.